The lowest BCUT2D eigenvalue weighted by Gasteiger charge is -2.30. The van der Waals surface area contributed by atoms with Crippen LogP contribution in [0.4, 0.5) is 0 Å². The summed E-state index contributed by atoms with van der Waals surface area (Å²) in [6.07, 6.45) is 12.9. The molecule has 0 fully saturated rings. The zero-order valence-electron chi connectivity index (χ0n) is 14.2. The second-order valence-electron chi connectivity index (χ2n) is 5.98. The Labute approximate surface area is 132 Å². The van der Waals surface area contributed by atoms with Gasteiger partial charge < -0.3 is 0 Å². The molecule has 2 radical (unpaired) electrons. The van der Waals surface area contributed by atoms with E-state index < -0.39 is 0 Å². The summed E-state index contributed by atoms with van der Waals surface area (Å²) in [5.41, 5.74) is 1.47. The summed E-state index contributed by atoms with van der Waals surface area (Å²) in [7, 11) is 5.77. The highest BCUT2D eigenvalue weighted by atomic mass is 15.1. The third-order valence-corrected chi connectivity index (χ3v) is 3.85. The number of nitrogens with zero attached hydrogens (tertiary/aromatic N) is 2. The van der Waals surface area contributed by atoms with Crippen molar-refractivity contribution >= 4 is 7.85 Å². The van der Waals surface area contributed by atoms with Gasteiger partial charge in [0.2, 0.25) is 0 Å². The minimum absolute atomic E-state index is 0.0125. The van der Waals surface area contributed by atoms with E-state index in [0.29, 0.717) is 5.47 Å². The van der Waals surface area contributed by atoms with E-state index in [2.05, 4.69) is 44.2 Å². The van der Waals surface area contributed by atoms with Crippen LogP contribution in [0, 0.1) is 5.41 Å². The fourth-order valence-corrected chi connectivity index (χ4v) is 2.49. The second-order valence-corrected chi connectivity index (χ2v) is 5.98. The Kier molecular flexibility index (Phi) is 10.9. The Morgan fingerprint density at radius 2 is 1.71 bits per heavy atom. The van der Waals surface area contributed by atoms with Crippen LogP contribution in [0.2, 0.25) is 0 Å². The van der Waals surface area contributed by atoms with E-state index in [1.54, 1.807) is 0 Å². The van der Waals surface area contributed by atoms with Crippen molar-refractivity contribution in [1.29, 1.82) is 0 Å². The molecule has 0 amide bonds. The van der Waals surface area contributed by atoms with Crippen LogP contribution in [-0.2, 0) is 0 Å². The Bertz CT molecular complexity index is 371. The summed E-state index contributed by atoms with van der Waals surface area (Å²) in [6.45, 7) is 14.1. The first kappa shape index (κ1) is 19.9. The maximum Gasteiger partial charge on any atom is 0.113 e. The van der Waals surface area contributed by atoms with Crippen LogP contribution in [0.1, 0.15) is 72.1 Å². The summed E-state index contributed by atoms with van der Waals surface area (Å²) in [5.74, 6) is 0. The van der Waals surface area contributed by atoms with Crippen molar-refractivity contribution in [1.82, 2.24) is 0 Å². The monoisotopic (exact) mass is 286 g/mol. The minimum atomic E-state index is 0.0125. The fraction of sp³-hybridized carbons (Fsp3) is 0.667. The highest BCUT2D eigenvalue weighted by molar-refractivity contribution is 6.23. The molecule has 0 aromatic rings. The first-order valence-electron chi connectivity index (χ1n) is 8.18. The lowest BCUT2D eigenvalue weighted by molar-refractivity contribution is 0.306. The zero-order chi connectivity index (χ0) is 16.1. The third-order valence-electron chi connectivity index (χ3n) is 3.85. The van der Waals surface area contributed by atoms with E-state index in [9.17, 15) is 0 Å². The molecule has 0 saturated carbocycles. The van der Waals surface area contributed by atoms with Gasteiger partial charge in [0.05, 0.1) is 5.70 Å². The molecule has 2 nitrogen and oxygen atoms in total. The molecule has 0 aliphatic carbocycles. The molecule has 1 atom stereocenters. The molecule has 0 spiro atoms. The molecule has 116 valence electrons. The molecule has 0 bridgehead atoms. The lowest BCUT2D eigenvalue weighted by atomic mass is 9.76. The summed E-state index contributed by atoms with van der Waals surface area (Å²) in [4.78, 5) is 0. The topological polar surface area (TPSA) is 24.7 Å². The van der Waals surface area contributed by atoms with Crippen LogP contribution in [0.5, 0.6) is 0 Å². The van der Waals surface area contributed by atoms with Gasteiger partial charge in [0.15, 0.2) is 0 Å². The number of unbranched alkanes of at least 4 members (excludes halogenated alkanes) is 4. The Balaban J connectivity index is 5.13. The Hall–Kier alpha value is -1.12. The van der Waals surface area contributed by atoms with E-state index in [1.165, 1.54) is 44.7 Å². The average molecular weight is 286 g/mol. The minimum Gasteiger partial charge on any atom is -0.160 e. The standard InChI is InChI=1S/C18H31BN2/c1-6-9-11-12-14-18(5,13-10-7-2)17(15-16(4)19)21-20-8-3/h8,15H,3-4,6-7,9-14H2,1-2,5H3/b17-15-,21-20?. The predicted molar refractivity (Wildman–Crippen MR) is 94.4 cm³/mol. The molecule has 0 aromatic heterocycles. The smallest absolute Gasteiger partial charge is 0.113 e. The van der Waals surface area contributed by atoms with Gasteiger partial charge in [-0.25, -0.2) is 0 Å². The van der Waals surface area contributed by atoms with Crippen LogP contribution < -0.4 is 0 Å². The van der Waals surface area contributed by atoms with E-state index >= 15 is 0 Å². The number of hydrogen-bond donors (Lipinski definition) is 0. The molecule has 1 unspecified atom stereocenters. The summed E-state index contributed by atoms with van der Waals surface area (Å²) in [6, 6.07) is 0. The van der Waals surface area contributed by atoms with Crippen LogP contribution in [-0.4, -0.2) is 7.85 Å². The van der Waals surface area contributed by atoms with Crippen LogP contribution in [0.25, 0.3) is 0 Å². The Morgan fingerprint density at radius 1 is 1.10 bits per heavy atom. The SMILES string of the molecule is [B]C(=C)/C=C(\N=NC=C)C(C)(CCCC)CCCCCC. The molecule has 0 aromatic carbocycles. The molecule has 3 heteroatoms. The van der Waals surface area contributed by atoms with E-state index in [0.717, 1.165) is 18.5 Å². The first-order chi connectivity index (χ1) is 10.00. The van der Waals surface area contributed by atoms with Crippen LogP contribution in [0.3, 0.4) is 0 Å². The molecule has 0 aliphatic rings. The van der Waals surface area contributed by atoms with Crippen molar-refractivity contribution in [3.63, 3.8) is 0 Å². The molecule has 21 heavy (non-hydrogen) atoms. The van der Waals surface area contributed by atoms with E-state index in [4.69, 9.17) is 7.85 Å². The van der Waals surface area contributed by atoms with Gasteiger partial charge in [-0.1, -0.05) is 65.9 Å². The van der Waals surface area contributed by atoms with Gasteiger partial charge in [0.25, 0.3) is 0 Å². The third kappa shape index (κ3) is 8.69. The quantitative estimate of drug-likeness (QED) is 0.174. The van der Waals surface area contributed by atoms with Gasteiger partial charge in [0.1, 0.15) is 7.85 Å². The molecule has 0 aliphatic heterocycles. The second kappa shape index (κ2) is 11.5. The first-order valence-corrected chi connectivity index (χ1v) is 8.18. The Morgan fingerprint density at radius 3 is 2.24 bits per heavy atom. The fourth-order valence-electron chi connectivity index (χ4n) is 2.49. The molecule has 0 heterocycles. The van der Waals surface area contributed by atoms with E-state index in [1.807, 2.05) is 6.08 Å². The molecule has 0 saturated heterocycles. The maximum atomic E-state index is 5.77. The van der Waals surface area contributed by atoms with Crippen molar-refractivity contribution in [2.45, 2.75) is 72.1 Å². The molecule has 0 rings (SSSR count). The van der Waals surface area contributed by atoms with Gasteiger partial charge in [-0.05, 0) is 18.9 Å². The van der Waals surface area contributed by atoms with Crippen LogP contribution in [0.15, 0.2) is 46.8 Å². The summed E-state index contributed by atoms with van der Waals surface area (Å²) >= 11 is 0. The van der Waals surface area contributed by atoms with Gasteiger partial charge in [-0.15, -0.1) is 12.1 Å². The number of rotatable bonds is 12. The molecular formula is C18H31BN2. The normalized spacial score (nSPS) is 15.1. The molecular weight excluding hydrogens is 255 g/mol. The number of azo groups is 1. The predicted octanol–water partition coefficient (Wildman–Crippen LogP) is 6.32. The van der Waals surface area contributed by atoms with Crippen LogP contribution >= 0.6 is 0 Å². The van der Waals surface area contributed by atoms with Gasteiger partial charge in [0, 0.05) is 11.6 Å². The number of allylic oxidation sites excluding steroid dienone is 3. The van der Waals surface area contributed by atoms with Gasteiger partial charge in [-0.3, -0.25) is 0 Å². The van der Waals surface area contributed by atoms with E-state index in [-0.39, 0.29) is 5.41 Å². The lowest BCUT2D eigenvalue weighted by Crippen LogP contribution is -2.19. The highest BCUT2D eigenvalue weighted by Gasteiger charge is 2.28. The van der Waals surface area contributed by atoms with Gasteiger partial charge in [-0.2, -0.15) is 10.2 Å². The number of hydrogen-bond acceptors (Lipinski definition) is 2. The molecule has 0 N–H and O–H groups in total. The summed E-state index contributed by atoms with van der Waals surface area (Å²) in [5, 5.41) is 8.30. The van der Waals surface area contributed by atoms with Crippen molar-refractivity contribution in [3.05, 3.63) is 36.6 Å². The van der Waals surface area contributed by atoms with Gasteiger partial charge >= 0.3 is 0 Å². The van der Waals surface area contributed by atoms with Crippen molar-refractivity contribution in [2.24, 2.45) is 15.6 Å². The zero-order valence-corrected chi connectivity index (χ0v) is 14.2. The van der Waals surface area contributed by atoms with Crippen molar-refractivity contribution in [3.8, 4) is 0 Å². The van der Waals surface area contributed by atoms with Crippen molar-refractivity contribution < 1.29 is 0 Å². The maximum absolute atomic E-state index is 5.77. The summed E-state index contributed by atoms with van der Waals surface area (Å²) < 4.78 is 0. The van der Waals surface area contributed by atoms with Crippen molar-refractivity contribution in [2.75, 3.05) is 0 Å². The highest BCUT2D eigenvalue weighted by Crippen LogP contribution is 2.39. The average Bonchev–Trinajstić information content (AvgIpc) is 2.45. The largest absolute Gasteiger partial charge is 0.160 e.